The summed E-state index contributed by atoms with van der Waals surface area (Å²) in [6.07, 6.45) is 1.17. The molecule has 1 heterocycles. The van der Waals surface area contributed by atoms with Gasteiger partial charge in [0, 0.05) is 24.6 Å². The third-order valence-electron chi connectivity index (χ3n) is 3.49. The molecule has 2 atom stereocenters. The number of carbonyl (C=O) groups is 1. The Labute approximate surface area is 106 Å². The van der Waals surface area contributed by atoms with E-state index in [9.17, 15) is 9.18 Å². The molecule has 0 aromatic heterocycles. The molecule has 1 saturated heterocycles. The van der Waals surface area contributed by atoms with E-state index in [4.69, 9.17) is 4.74 Å². The van der Waals surface area contributed by atoms with Gasteiger partial charge in [-0.05, 0) is 44.0 Å². The summed E-state index contributed by atoms with van der Waals surface area (Å²) < 4.78 is 18.4. The first-order valence-electron chi connectivity index (χ1n) is 6.24. The number of rotatable bonds is 3. The molecule has 1 aromatic carbocycles. The van der Waals surface area contributed by atoms with Crippen molar-refractivity contribution >= 4 is 5.91 Å². The standard InChI is InChI=1S/C14H18FNO2/c1-9-7-12(15)3-4-13(9)14(17)16-8-11-5-6-18-10(11)2/h3-4,7,10-11H,5-6,8H2,1-2H3,(H,16,17). The molecule has 0 bridgehead atoms. The number of hydrogen-bond acceptors (Lipinski definition) is 2. The van der Waals surface area contributed by atoms with Crippen LogP contribution in [0.2, 0.25) is 0 Å². The summed E-state index contributed by atoms with van der Waals surface area (Å²) >= 11 is 0. The second-order valence-corrected chi connectivity index (χ2v) is 4.79. The van der Waals surface area contributed by atoms with E-state index >= 15 is 0 Å². The van der Waals surface area contributed by atoms with Gasteiger partial charge in [0.15, 0.2) is 0 Å². The average molecular weight is 251 g/mol. The first kappa shape index (κ1) is 13.0. The fourth-order valence-electron chi connectivity index (χ4n) is 2.24. The molecule has 0 aliphatic carbocycles. The summed E-state index contributed by atoms with van der Waals surface area (Å²) in [5.74, 6) is -0.0943. The van der Waals surface area contributed by atoms with Crippen LogP contribution in [0.5, 0.6) is 0 Å². The van der Waals surface area contributed by atoms with E-state index in [1.54, 1.807) is 6.92 Å². The largest absolute Gasteiger partial charge is 0.378 e. The number of aryl methyl sites for hydroxylation is 1. The van der Waals surface area contributed by atoms with Crippen molar-refractivity contribution in [3.8, 4) is 0 Å². The molecule has 18 heavy (non-hydrogen) atoms. The van der Waals surface area contributed by atoms with Gasteiger partial charge in [0.05, 0.1) is 6.10 Å². The quantitative estimate of drug-likeness (QED) is 0.895. The monoisotopic (exact) mass is 251 g/mol. The van der Waals surface area contributed by atoms with E-state index < -0.39 is 0 Å². The first-order valence-corrected chi connectivity index (χ1v) is 6.24. The van der Waals surface area contributed by atoms with Gasteiger partial charge in [0.25, 0.3) is 5.91 Å². The lowest BCUT2D eigenvalue weighted by Gasteiger charge is -2.15. The van der Waals surface area contributed by atoms with Crippen molar-refractivity contribution in [2.45, 2.75) is 26.4 Å². The lowest BCUT2D eigenvalue weighted by molar-refractivity contribution is 0.0907. The van der Waals surface area contributed by atoms with Crippen molar-refractivity contribution in [2.24, 2.45) is 5.92 Å². The third-order valence-corrected chi connectivity index (χ3v) is 3.49. The zero-order chi connectivity index (χ0) is 13.1. The second kappa shape index (κ2) is 5.48. The molecule has 0 radical (unpaired) electrons. The summed E-state index contributed by atoms with van der Waals surface area (Å²) in [7, 11) is 0. The summed E-state index contributed by atoms with van der Waals surface area (Å²) in [4.78, 5) is 12.0. The summed E-state index contributed by atoms with van der Waals surface area (Å²) in [6, 6.07) is 4.20. The Morgan fingerprint density at radius 3 is 2.94 bits per heavy atom. The minimum atomic E-state index is -0.318. The van der Waals surface area contributed by atoms with Crippen molar-refractivity contribution in [1.82, 2.24) is 5.32 Å². The minimum Gasteiger partial charge on any atom is -0.378 e. The molecular weight excluding hydrogens is 233 g/mol. The molecule has 4 heteroatoms. The van der Waals surface area contributed by atoms with Crippen LogP contribution < -0.4 is 5.32 Å². The molecule has 2 unspecified atom stereocenters. The van der Waals surface area contributed by atoms with Gasteiger partial charge in [-0.1, -0.05) is 0 Å². The van der Waals surface area contributed by atoms with Gasteiger partial charge >= 0.3 is 0 Å². The van der Waals surface area contributed by atoms with E-state index in [1.165, 1.54) is 18.2 Å². The van der Waals surface area contributed by atoms with Gasteiger partial charge in [-0.25, -0.2) is 4.39 Å². The van der Waals surface area contributed by atoms with Crippen molar-refractivity contribution in [2.75, 3.05) is 13.2 Å². The van der Waals surface area contributed by atoms with Crippen molar-refractivity contribution in [3.63, 3.8) is 0 Å². The number of hydrogen-bond donors (Lipinski definition) is 1. The van der Waals surface area contributed by atoms with Crippen LogP contribution in [0.15, 0.2) is 18.2 Å². The summed E-state index contributed by atoms with van der Waals surface area (Å²) in [5.41, 5.74) is 1.19. The molecule has 1 aliphatic heterocycles. The van der Waals surface area contributed by atoms with Crippen LogP contribution in [0.4, 0.5) is 4.39 Å². The fourth-order valence-corrected chi connectivity index (χ4v) is 2.24. The molecular formula is C14H18FNO2. The zero-order valence-electron chi connectivity index (χ0n) is 10.7. The van der Waals surface area contributed by atoms with E-state index in [0.717, 1.165) is 13.0 Å². The number of nitrogens with one attached hydrogen (secondary N) is 1. The zero-order valence-corrected chi connectivity index (χ0v) is 10.7. The molecule has 98 valence electrons. The first-order chi connectivity index (χ1) is 8.58. The molecule has 0 spiro atoms. The third kappa shape index (κ3) is 2.88. The number of carbonyl (C=O) groups excluding carboxylic acids is 1. The molecule has 0 saturated carbocycles. The molecule has 2 rings (SSSR count). The summed E-state index contributed by atoms with van der Waals surface area (Å²) in [6.45, 7) is 5.13. The fraction of sp³-hybridized carbons (Fsp3) is 0.500. The van der Waals surface area contributed by atoms with Gasteiger partial charge in [-0.3, -0.25) is 4.79 Å². The number of amides is 1. The minimum absolute atomic E-state index is 0.147. The van der Waals surface area contributed by atoms with Gasteiger partial charge in [-0.2, -0.15) is 0 Å². The summed E-state index contributed by atoms with van der Waals surface area (Å²) in [5, 5.41) is 2.89. The Bertz CT molecular complexity index is 447. The lowest BCUT2D eigenvalue weighted by Crippen LogP contribution is -2.32. The molecule has 3 nitrogen and oxygen atoms in total. The Morgan fingerprint density at radius 1 is 1.56 bits per heavy atom. The maximum Gasteiger partial charge on any atom is 0.251 e. The van der Waals surface area contributed by atoms with Crippen molar-refractivity contribution < 1.29 is 13.9 Å². The van der Waals surface area contributed by atoms with Gasteiger partial charge in [0.1, 0.15) is 5.82 Å². The maximum atomic E-state index is 12.9. The number of benzene rings is 1. The second-order valence-electron chi connectivity index (χ2n) is 4.79. The average Bonchev–Trinajstić information content (AvgIpc) is 2.72. The highest BCUT2D eigenvalue weighted by Crippen LogP contribution is 2.19. The van der Waals surface area contributed by atoms with Crippen LogP contribution in [0.25, 0.3) is 0 Å². The van der Waals surface area contributed by atoms with E-state index in [1.807, 2.05) is 6.92 Å². The van der Waals surface area contributed by atoms with E-state index in [0.29, 0.717) is 23.6 Å². The Balaban J connectivity index is 1.95. The van der Waals surface area contributed by atoms with E-state index in [-0.39, 0.29) is 17.8 Å². The number of halogens is 1. The predicted molar refractivity (Wildman–Crippen MR) is 67.0 cm³/mol. The van der Waals surface area contributed by atoms with Crippen LogP contribution in [-0.2, 0) is 4.74 Å². The smallest absolute Gasteiger partial charge is 0.251 e. The van der Waals surface area contributed by atoms with Gasteiger partial charge in [-0.15, -0.1) is 0 Å². The molecule has 1 aliphatic rings. The van der Waals surface area contributed by atoms with Crippen LogP contribution >= 0.6 is 0 Å². The predicted octanol–water partition coefficient (Wildman–Crippen LogP) is 2.29. The normalized spacial score (nSPS) is 23.1. The topological polar surface area (TPSA) is 38.3 Å². The lowest BCUT2D eigenvalue weighted by atomic mass is 10.0. The van der Waals surface area contributed by atoms with E-state index in [2.05, 4.69) is 5.32 Å². The van der Waals surface area contributed by atoms with Crippen molar-refractivity contribution in [3.05, 3.63) is 35.1 Å². The van der Waals surface area contributed by atoms with Crippen LogP contribution in [-0.4, -0.2) is 25.2 Å². The molecule has 1 amide bonds. The molecule has 1 fully saturated rings. The highest BCUT2D eigenvalue weighted by atomic mass is 19.1. The van der Waals surface area contributed by atoms with Crippen LogP contribution in [0.1, 0.15) is 29.3 Å². The van der Waals surface area contributed by atoms with Crippen LogP contribution in [0.3, 0.4) is 0 Å². The van der Waals surface area contributed by atoms with Crippen molar-refractivity contribution in [1.29, 1.82) is 0 Å². The van der Waals surface area contributed by atoms with Gasteiger partial charge in [0.2, 0.25) is 0 Å². The highest BCUT2D eigenvalue weighted by Gasteiger charge is 2.24. The molecule has 1 aromatic rings. The highest BCUT2D eigenvalue weighted by molar-refractivity contribution is 5.95. The Kier molecular flexibility index (Phi) is 3.97. The van der Waals surface area contributed by atoms with Gasteiger partial charge < -0.3 is 10.1 Å². The number of ether oxygens (including phenoxy) is 1. The van der Waals surface area contributed by atoms with Crippen LogP contribution in [0, 0.1) is 18.7 Å². The Hall–Kier alpha value is -1.42. The Morgan fingerprint density at radius 2 is 2.33 bits per heavy atom. The SMILES string of the molecule is Cc1cc(F)ccc1C(=O)NCC1CCOC1C. The maximum absolute atomic E-state index is 12.9. The molecule has 1 N–H and O–H groups in total.